The average molecular weight is 369 g/mol. The Hall–Kier alpha value is -1.10. The van der Waals surface area contributed by atoms with Gasteiger partial charge in [-0.05, 0) is 37.0 Å². The summed E-state index contributed by atoms with van der Waals surface area (Å²) in [5, 5.41) is 6.57. The van der Waals surface area contributed by atoms with Gasteiger partial charge in [-0.25, -0.2) is 4.98 Å². The summed E-state index contributed by atoms with van der Waals surface area (Å²) in [6, 6.07) is 5.32. The van der Waals surface area contributed by atoms with E-state index in [1.54, 1.807) is 12.1 Å². The maximum atomic E-state index is 12.2. The predicted molar refractivity (Wildman–Crippen MR) is 97.4 cm³/mol. The largest absolute Gasteiger partial charge is 0.302 e. The molecule has 122 valence electrons. The molecule has 0 atom stereocenters. The second kappa shape index (κ2) is 7.65. The van der Waals surface area contributed by atoms with Crippen LogP contribution in [0.2, 0.25) is 10.0 Å². The highest BCUT2D eigenvalue weighted by Gasteiger charge is 2.18. The van der Waals surface area contributed by atoms with E-state index in [-0.39, 0.29) is 5.91 Å². The molecule has 23 heavy (non-hydrogen) atoms. The van der Waals surface area contributed by atoms with Crippen LogP contribution in [0.4, 0.5) is 5.13 Å². The molecule has 3 nitrogen and oxygen atoms in total. The van der Waals surface area contributed by atoms with E-state index in [4.69, 9.17) is 23.2 Å². The molecular formula is C17H18Cl2N2OS. The Balaban J connectivity index is 1.63. The minimum atomic E-state index is 0.0556. The molecule has 1 aliphatic rings. The van der Waals surface area contributed by atoms with Gasteiger partial charge in [0, 0.05) is 22.4 Å². The molecule has 0 unspecified atom stereocenters. The van der Waals surface area contributed by atoms with Crippen LogP contribution in [0.5, 0.6) is 0 Å². The lowest BCUT2D eigenvalue weighted by Gasteiger charge is -2.20. The fourth-order valence-corrected chi connectivity index (χ4v) is 4.21. The van der Waals surface area contributed by atoms with Gasteiger partial charge in [0.2, 0.25) is 5.91 Å². The van der Waals surface area contributed by atoms with Crippen molar-refractivity contribution >= 4 is 45.6 Å². The summed E-state index contributed by atoms with van der Waals surface area (Å²) in [6.45, 7) is 0. The number of nitrogens with zero attached hydrogens (tertiary/aromatic N) is 1. The van der Waals surface area contributed by atoms with Gasteiger partial charge in [-0.15, -0.1) is 11.3 Å². The standard InChI is InChI=1S/C17H18Cl2N2OS/c18-12-6-7-13(14(19)9-12)15-10-23-17(20-15)21-16(22)8-11-4-2-1-3-5-11/h6-7,9-11H,1-5,8H2,(H,20,21,22). The molecule has 0 bridgehead atoms. The van der Waals surface area contributed by atoms with E-state index in [9.17, 15) is 4.79 Å². The van der Waals surface area contributed by atoms with Gasteiger partial charge in [-0.3, -0.25) is 4.79 Å². The van der Waals surface area contributed by atoms with Crippen molar-refractivity contribution in [1.82, 2.24) is 4.98 Å². The number of hydrogen-bond donors (Lipinski definition) is 1. The van der Waals surface area contributed by atoms with Crippen molar-refractivity contribution in [2.75, 3.05) is 5.32 Å². The Bertz CT molecular complexity index is 696. The number of amides is 1. The molecule has 1 amide bonds. The number of rotatable bonds is 4. The van der Waals surface area contributed by atoms with Gasteiger partial charge in [-0.1, -0.05) is 42.5 Å². The van der Waals surface area contributed by atoms with Crippen LogP contribution < -0.4 is 5.32 Å². The molecule has 1 aromatic carbocycles. The van der Waals surface area contributed by atoms with E-state index >= 15 is 0 Å². The number of thiazole rings is 1. The lowest BCUT2D eigenvalue weighted by atomic mass is 9.87. The van der Waals surface area contributed by atoms with Crippen LogP contribution in [0.3, 0.4) is 0 Å². The first-order chi connectivity index (χ1) is 11.1. The summed E-state index contributed by atoms with van der Waals surface area (Å²) in [6.07, 6.45) is 6.71. The van der Waals surface area contributed by atoms with E-state index < -0.39 is 0 Å². The van der Waals surface area contributed by atoms with Gasteiger partial charge in [0.1, 0.15) is 0 Å². The van der Waals surface area contributed by atoms with Crippen molar-refractivity contribution in [3.05, 3.63) is 33.6 Å². The van der Waals surface area contributed by atoms with Crippen molar-refractivity contribution in [2.45, 2.75) is 38.5 Å². The number of nitrogens with one attached hydrogen (secondary N) is 1. The van der Waals surface area contributed by atoms with E-state index in [0.717, 1.165) is 24.1 Å². The van der Waals surface area contributed by atoms with Gasteiger partial charge in [0.25, 0.3) is 0 Å². The molecule has 1 aromatic heterocycles. The first-order valence-electron chi connectivity index (χ1n) is 7.82. The summed E-state index contributed by atoms with van der Waals surface area (Å²) in [5.74, 6) is 0.578. The van der Waals surface area contributed by atoms with Crippen molar-refractivity contribution < 1.29 is 4.79 Å². The number of anilines is 1. The van der Waals surface area contributed by atoms with Crippen molar-refractivity contribution in [1.29, 1.82) is 0 Å². The zero-order valence-electron chi connectivity index (χ0n) is 12.6. The Kier molecular flexibility index (Phi) is 5.57. The fourth-order valence-electron chi connectivity index (χ4n) is 2.98. The Morgan fingerprint density at radius 2 is 2.04 bits per heavy atom. The molecule has 1 N–H and O–H groups in total. The molecule has 0 spiro atoms. The third-order valence-corrected chi connectivity index (χ3v) is 5.46. The third kappa shape index (κ3) is 4.46. The number of carbonyl (C=O) groups is 1. The number of aromatic nitrogens is 1. The van der Waals surface area contributed by atoms with Crippen LogP contribution >= 0.6 is 34.5 Å². The van der Waals surface area contributed by atoms with Crippen molar-refractivity contribution in [3.63, 3.8) is 0 Å². The van der Waals surface area contributed by atoms with Gasteiger partial charge in [0.05, 0.1) is 10.7 Å². The van der Waals surface area contributed by atoms with Gasteiger partial charge in [0.15, 0.2) is 5.13 Å². The topological polar surface area (TPSA) is 42.0 Å². The first-order valence-corrected chi connectivity index (χ1v) is 9.46. The smallest absolute Gasteiger partial charge is 0.226 e. The van der Waals surface area contributed by atoms with Gasteiger partial charge < -0.3 is 5.32 Å². The Morgan fingerprint density at radius 3 is 2.78 bits per heavy atom. The number of hydrogen-bond acceptors (Lipinski definition) is 3. The summed E-state index contributed by atoms with van der Waals surface area (Å²) in [7, 11) is 0. The fraction of sp³-hybridized carbons (Fsp3) is 0.412. The minimum absolute atomic E-state index is 0.0556. The highest BCUT2D eigenvalue weighted by molar-refractivity contribution is 7.14. The zero-order valence-corrected chi connectivity index (χ0v) is 15.0. The summed E-state index contributed by atoms with van der Waals surface area (Å²) >= 11 is 13.5. The maximum absolute atomic E-state index is 12.2. The van der Waals surface area contributed by atoms with E-state index in [1.165, 1.54) is 30.6 Å². The highest BCUT2D eigenvalue weighted by Crippen LogP contribution is 2.32. The van der Waals surface area contributed by atoms with Gasteiger partial charge in [-0.2, -0.15) is 0 Å². The lowest BCUT2D eigenvalue weighted by Crippen LogP contribution is -2.18. The molecule has 1 saturated carbocycles. The summed E-state index contributed by atoms with van der Waals surface area (Å²) in [4.78, 5) is 16.6. The molecule has 1 aliphatic carbocycles. The molecule has 0 aliphatic heterocycles. The maximum Gasteiger partial charge on any atom is 0.226 e. The highest BCUT2D eigenvalue weighted by atomic mass is 35.5. The molecule has 3 rings (SSSR count). The van der Waals surface area contributed by atoms with E-state index in [2.05, 4.69) is 10.3 Å². The van der Waals surface area contributed by atoms with E-state index in [0.29, 0.717) is 27.5 Å². The predicted octanol–water partition coefficient (Wildman–Crippen LogP) is 6.03. The molecule has 2 aromatic rings. The molecular weight excluding hydrogens is 351 g/mol. The first kappa shape index (κ1) is 16.7. The SMILES string of the molecule is O=C(CC1CCCCC1)Nc1nc(-c2ccc(Cl)cc2Cl)cs1. The third-order valence-electron chi connectivity index (χ3n) is 4.16. The Morgan fingerprint density at radius 1 is 1.26 bits per heavy atom. The zero-order chi connectivity index (χ0) is 16.2. The Labute approximate surface area is 150 Å². The van der Waals surface area contributed by atoms with Crippen molar-refractivity contribution in [2.24, 2.45) is 5.92 Å². The molecule has 1 fully saturated rings. The summed E-state index contributed by atoms with van der Waals surface area (Å²) in [5.41, 5.74) is 1.57. The number of carbonyl (C=O) groups excluding carboxylic acids is 1. The van der Waals surface area contributed by atoms with E-state index in [1.807, 2.05) is 11.4 Å². The number of halogens is 2. The van der Waals surface area contributed by atoms with Crippen LogP contribution in [0.25, 0.3) is 11.3 Å². The normalized spacial score (nSPS) is 15.6. The molecule has 1 heterocycles. The monoisotopic (exact) mass is 368 g/mol. The van der Waals surface area contributed by atoms with Gasteiger partial charge >= 0.3 is 0 Å². The molecule has 6 heteroatoms. The van der Waals surface area contributed by atoms with Crippen LogP contribution in [0.15, 0.2) is 23.6 Å². The van der Waals surface area contributed by atoms with Crippen LogP contribution in [-0.2, 0) is 4.79 Å². The number of benzene rings is 1. The minimum Gasteiger partial charge on any atom is -0.302 e. The molecule has 0 saturated heterocycles. The van der Waals surface area contributed by atoms with Crippen molar-refractivity contribution in [3.8, 4) is 11.3 Å². The van der Waals surface area contributed by atoms with Crippen LogP contribution in [0.1, 0.15) is 38.5 Å². The lowest BCUT2D eigenvalue weighted by molar-refractivity contribution is -0.117. The second-order valence-corrected chi connectivity index (χ2v) is 7.62. The summed E-state index contributed by atoms with van der Waals surface area (Å²) < 4.78 is 0. The second-order valence-electron chi connectivity index (χ2n) is 5.92. The average Bonchev–Trinajstić information content (AvgIpc) is 2.96. The van der Waals surface area contributed by atoms with Crippen LogP contribution in [-0.4, -0.2) is 10.9 Å². The molecule has 0 radical (unpaired) electrons. The quantitative estimate of drug-likeness (QED) is 0.715. The van der Waals surface area contributed by atoms with Crippen LogP contribution in [0, 0.1) is 5.92 Å².